The van der Waals surface area contributed by atoms with Crippen LogP contribution in [0.4, 0.5) is 0 Å². The first-order valence-corrected chi connectivity index (χ1v) is 6.96. The molecule has 22 heavy (non-hydrogen) atoms. The fourth-order valence-electron chi connectivity index (χ4n) is 2.32. The molecular weight excluding hydrogens is 288 g/mol. The van der Waals surface area contributed by atoms with Crippen LogP contribution in [0.15, 0.2) is 30.3 Å². The lowest BCUT2D eigenvalue weighted by Gasteiger charge is -2.38. The van der Waals surface area contributed by atoms with Crippen molar-refractivity contribution in [2.75, 3.05) is 0 Å². The second-order valence-corrected chi connectivity index (χ2v) is 5.38. The Kier molecular flexibility index (Phi) is 6.08. The van der Waals surface area contributed by atoms with Crippen molar-refractivity contribution >= 4 is 11.9 Å². The van der Waals surface area contributed by atoms with Gasteiger partial charge in [0.1, 0.15) is 17.8 Å². The van der Waals surface area contributed by atoms with Gasteiger partial charge in [-0.2, -0.15) is 0 Å². The molecule has 0 aliphatic carbocycles. The molecule has 0 aromatic heterocycles. The molecule has 0 aliphatic heterocycles. The number of aliphatic hydroxyl groups is 2. The second-order valence-electron chi connectivity index (χ2n) is 5.38. The second kappa shape index (κ2) is 7.38. The lowest BCUT2D eigenvalue weighted by molar-refractivity contribution is -0.203. The van der Waals surface area contributed by atoms with E-state index in [1.807, 2.05) is 0 Å². The zero-order valence-corrected chi connectivity index (χ0v) is 13.1. The predicted molar refractivity (Wildman–Crippen MR) is 78.8 cm³/mol. The monoisotopic (exact) mass is 310 g/mol. The molecule has 0 amide bonds. The quantitative estimate of drug-likeness (QED) is 0.771. The molecule has 1 aromatic rings. The Labute approximate surface area is 129 Å². The van der Waals surface area contributed by atoms with Gasteiger partial charge in [0.05, 0.1) is 0 Å². The van der Waals surface area contributed by atoms with E-state index in [4.69, 9.17) is 9.47 Å². The highest BCUT2D eigenvalue weighted by Gasteiger charge is 2.46. The summed E-state index contributed by atoms with van der Waals surface area (Å²) in [5.74, 6) is -1.22. The van der Waals surface area contributed by atoms with Gasteiger partial charge in [0.2, 0.25) is 0 Å². The molecule has 6 nitrogen and oxygen atoms in total. The van der Waals surface area contributed by atoms with E-state index in [9.17, 15) is 19.8 Å². The van der Waals surface area contributed by atoms with Crippen LogP contribution in [-0.4, -0.2) is 40.0 Å². The molecule has 0 unspecified atom stereocenters. The van der Waals surface area contributed by atoms with Gasteiger partial charge in [-0.05, 0) is 19.4 Å². The summed E-state index contributed by atoms with van der Waals surface area (Å²) >= 11 is 0. The number of aliphatic hydroxyl groups excluding tert-OH is 1. The molecule has 1 rings (SSSR count). The Morgan fingerprint density at radius 1 is 1.09 bits per heavy atom. The van der Waals surface area contributed by atoms with Gasteiger partial charge in [-0.25, -0.2) is 0 Å². The molecule has 1 aromatic carbocycles. The maximum atomic E-state index is 11.3. The van der Waals surface area contributed by atoms with Crippen LogP contribution in [0.5, 0.6) is 0 Å². The minimum atomic E-state index is -1.85. The molecule has 0 fully saturated rings. The molecule has 0 saturated carbocycles. The van der Waals surface area contributed by atoms with E-state index in [-0.39, 0.29) is 0 Å². The van der Waals surface area contributed by atoms with Crippen molar-refractivity contribution in [3.63, 3.8) is 0 Å². The van der Waals surface area contributed by atoms with E-state index in [0.717, 1.165) is 0 Å². The highest BCUT2D eigenvalue weighted by Crippen LogP contribution is 2.32. The van der Waals surface area contributed by atoms with Crippen molar-refractivity contribution in [2.45, 2.75) is 51.6 Å². The normalized spacial score (nSPS) is 17.7. The molecule has 122 valence electrons. The summed E-state index contributed by atoms with van der Waals surface area (Å²) in [5.41, 5.74) is -1.39. The number of carbonyl (C=O) groups is 2. The molecule has 0 saturated heterocycles. The number of benzene rings is 1. The van der Waals surface area contributed by atoms with Crippen molar-refractivity contribution < 1.29 is 29.3 Å². The van der Waals surface area contributed by atoms with Gasteiger partial charge >= 0.3 is 11.9 Å². The van der Waals surface area contributed by atoms with Gasteiger partial charge < -0.3 is 19.7 Å². The maximum Gasteiger partial charge on any atom is 0.303 e. The minimum Gasteiger partial charge on any atom is -0.459 e. The van der Waals surface area contributed by atoms with Gasteiger partial charge in [-0.1, -0.05) is 30.3 Å². The Hall–Kier alpha value is -1.92. The fourth-order valence-corrected chi connectivity index (χ4v) is 2.32. The lowest BCUT2D eigenvalue weighted by Crippen LogP contribution is -2.53. The topological polar surface area (TPSA) is 93.1 Å². The van der Waals surface area contributed by atoms with Crippen molar-refractivity contribution in [3.8, 4) is 0 Å². The summed E-state index contributed by atoms with van der Waals surface area (Å²) in [5, 5.41) is 21.1. The van der Waals surface area contributed by atoms with Gasteiger partial charge in [0, 0.05) is 13.8 Å². The zero-order chi connectivity index (χ0) is 16.9. The SMILES string of the molecule is CC(=O)O[C@@H](C)[C@H](OC(C)=O)[C@@](C)(O)[C@H](O)c1ccccc1. The maximum absolute atomic E-state index is 11.3. The number of rotatable bonds is 6. The third-order valence-corrected chi connectivity index (χ3v) is 3.32. The number of carbonyl (C=O) groups excluding carboxylic acids is 2. The smallest absolute Gasteiger partial charge is 0.303 e. The minimum absolute atomic E-state index is 0.458. The Balaban J connectivity index is 3.09. The van der Waals surface area contributed by atoms with Crippen LogP contribution in [0, 0.1) is 0 Å². The molecule has 0 heterocycles. The van der Waals surface area contributed by atoms with E-state index in [2.05, 4.69) is 0 Å². The average Bonchev–Trinajstić information content (AvgIpc) is 2.43. The zero-order valence-electron chi connectivity index (χ0n) is 13.1. The van der Waals surface area contributed by atoms with Gasteiger partial charge in [-0.15, -0.1) is 0 Å². The van der Waals surface area contributed by atoms with E-state index >= 15 is 0 Å². The van der Waals surface area contributed by atoms with E-state index in [0.29, 0.717) is 5.56 Å². The first kappa shape index (κ1) is 18.1. The number of hydrogen-bond donors (Lipinski definition) is 2. The first-order valence-electron chi connectivity index (χ1n) is 6.96. The molecule has 0 radical (unpaired) electrons. The lowest BCUT2D eigenvalue weighted by atomic mass is 9.85. The Bertz CT molecular complexity index is 511. The summed E-state index contributed by atoms with van der Waals surface area (Å²) in [6.07, 6.45) is -3.46. The number of esters is 2. The van der Waals surface area contributed by atoms with Gasteiger partial charge in [0.15, 0.2) is 6.10 Å². The van der Waals surface area contributed by atoms with Crippen LogP contribution < -0.4 is 0 Å². The molecule has 4 atom stereocenters. The first-order chi connectivity index (χ1) is 10.2. The third-order valence-electron chi connectivity index (χ3n) is 3.32. The van der Waals surface area contributed by atoms with Crippen LogP contribution in [0.1, 0.15) is 39.4 Å². The van der Waals surface area contributed by atoms with Gasteiger partial charge in [0.25, 0.3) is 0 Å². The average molecular weight is 310 g/mol. The van der Waals surface area contributed by atoms with E-state index in [1.165, 1.54) is 27.7 Å². The van der Waals surface area contributed by atoms with E-state index in [1.54, 1.807) is 30.3 Å². The molecule has 6 heteroatoms. The van der Waals surface area contributed by atoms with Crippen molar-refractivity contribution in [3.05, 3.63) is 35.9 Å². The number of hydrogen-bond acceptors (Lipinski definition) is 6. The summed E-state index contributed by atoms with van der Waals surface area (Å²) in [6, 6.07) is 8.48. The highest BCUT2D eigenvalue weighted by molar-refractivity contribution is 5.67. The Morgan fingerprint density at radius 2 is 1.59 bits per heavy atom. The Morgan fingerprint density at radius 3 is 2.05 bits per heavy atom. The van der Waals surface area contributed by atoms with Crippen molar-refractivity contribution in [2.24, 2.45) is 0 Å². The summed E-state index contributed by atoms with van der Waals surface area (Å²) < 4.78 is 10.1. The molecule has 2 N–H and O–H groups in total. The molecule has 0 aliphatic rings. The van der Waals surface area contributed by atoms with Crippen LogP contribution >= 0.6 is 0 Å². The summed E-state index contributed by atoms with van der Waals surface area (Å²) in [7, 11) is 0. The van der Waals surface area contributed by atoms with Crippen LogP contribution in [0.25, 0.3) is 0 Å². The standard InChI is InChI=1S/C16H22O6/c1-10(21-11(2)17)15(22-12(3)18)16(4,20)14(19)13-8-6-5-7-9-13/h5-10,14-15,19-20H,1-4H3/t10-,14+,15-,16-/m0/s1. The van der Waals surface area contributed by atoms with E-state index < -0.39 is 35.9 Å². The highest BCUT2D eigenvalue weighted by atomic mass is 16.6. The largest absolute Gasteiger partial charge is 0.459 e. The number of ether oxygens (including phenoxy) is 2. The van der Waals surface area contributed by atoms with Gasteiger partial charge in [-0.3, -0.25) is 9.59 Å². The molecule has 0 spiro atoms. The van der Waals surface area contributed by atoms with Crippen molar-refractivity contribution in [1.82, 2.24) is 0 Å². The fraction of sp³-hybridized carbons (Fsp3) is 0.500. The third kappa shape index (κ3) is 4.54. The molecule has 0 bridgehead atoms. The van der Waals surface area contributed by atoms with Crippen LogP contribution in [0.3, 0.4) is 0 Å². The predicted octanol–water partition coefficient (Wildman–Crippen LogP) is 1.35. The van der Waals surface area contributed by atoms with Crippen LogP contribution in [0.2, 0.25) is 0 Å². The summed E-state index contributed by atoms with van der Waals surface area (Å²) in [4.78, 5) is 22.4. The summed E-state index contributed by atoms with van der Waals surface area (Å²) in [6.45, 7) is 5.21. The molecular formula is C16H22O6. The van der Waals surface area contributed by atoms with Crippen LogP contribution in [-0.2, 0) is 19.1 Å². The van der Waals surface area contributed by atoms with Crippen molar-refractivity contribution in [1.29, 1.82) is 0 Å².